The van der Waals surface area contributed by atoms with Crippen LogP contribution in [0.5, 0.6) is 0 Å². The molecule has 0 aromatic carbocycles. The van der Waals surface area contributed by atoms with Gasteiger partial charge in [0, 0.05) is 30.3 Å². The third-order valence-corrected chi connectivity index (χ3v) is 3.92. The molecule has 4 nitrogen and oxygen atoms in total. The van der Waals surface area contributed by atoms with Crippen molar-refractivity contribution in [3.8, 4) is 0 Å². The zero-order valence-corrected chi connectivity index (χ0v) is 11.3. The van der Waals surface area contributed by atoms with E-state index in [1.165, 1.54) is 18.7 Å². The van der Waals surface area contributed by atoms with Gasteiger partial charge in [-0.3, -0.25) is 0 Å². The Labute approximate surface area is 111 Å². The maximum Gasteiger partial charge on any atom is 0.119 e. The molecule has 1 aliphatic carbocycles. The summed E-state index contributed by atoms with van der Waals surface area (Å²) in [5.41, 5.74) is 1.11. The van der Waals surface area contributed by atoms with Crippen LogP contribution in [0.2, 0.25) is 0 Å². The highest BCUT2D eigenvalue weighted by atomic mass is 32.1. The van der Waals surface area contributed by atoms with Crippen LogP contribution in [-0.2, 0) is 17.9 Å². The summed E-state index contributed by atoms with van der Waals surface area (Å²) < 4.78 is 7.59. The minimum Gasteiger partial charge on any atom is -0.375 e. The first kappa shape index (κ1) is 11.9. The second-order valence-corrected chi connectivity index (χ2v) is 5.50. The smallest absolute Gasteiger partial charge is 0.119 e. The van der Waals surface area contributed by atoms with Gasteiger partial charge in [0.1, 0.15) is 10.8 Å². The molecule has 2 aromatic heterocycles. The molecule has 1 saturated carbocycles. The molecule has 2 aromatic rings. The summed E-state index contributed by atoms with van der Waals surface area (Å²) in [6.07, 6.45) is 6.50. The van der Waals surface area contributed by atoms with Gasteiger partial charge < -0.3 is 9.30 Å². The third-order valence-electron chi connectivity index (χ3n) is 3.05. The molecule has 1 fully saturated rings. The minimum absolute atomic E-state index is 0.626. The van der Waals surface area contributed by atoms with E-state index in [1.807, 2.05) is 13.1 Å². The van der Waals surface area contributed by atoms with E-state index < -0.39 is 0 Å². The molecule has 0 unspecified atom stereocenters. The molecular formula is C13H17N3OS. The van der Waals surface area contributed by atoms with Gasteiger partial charge in [-0.15, -0.1) is 11.3 Å². The Morgan fingerprint density at radius 3 is 3.17 bits per heavy atom. The van der Waals surface area contributed by atoms with Crippen molar-refractivity contribution in [2.24, 2.45) is 0 Å². The van der Waals surface area contributed by atoms with E-state index in [-0.39, 0.29) is 0 Å². The molecule has 1 aliphatic rings. The van der Waals surface area contributed by atoms with E-state index in [0.29, 0.717) is 12.5 Å². The van der Waals surface area contributed by atoms with Crippen LogP contribution in [0.15, 0.2) is 17.8 Å². The highest BCUT2D eigenvalue weighted by Crippen LogP contribution is 2.39. The topological polar surface area (TPSA) is 39.9 Å². The van der Waals surface area contributed by atoms with E-state index in [2.05, 4.69) is 26.1 Å². The summed E-state index contributed by atoms with van der Waals surface area (Å²) in [4.78, 5) is 9.03. The van der Waals surface area contributed by atoms with Crippen molar-refractivity contribution in [3.63, 3.8) is 0 Å². The van der Waals surface area contributed by atoms with Crippen LogP contribution in [0.1, 0.15) is 42.2 Å². The fourth-order valence-electron chi connectivity index (χ4n) is 2.01. The Bertz CT molecular complexity index is 516. The summed E-state index contributed by atoms with van der Waals surface area (Å²) in [5.74, 6) is 1.90. The highest BCUT2D eigenvalue weighted by Gasteiger charge is 2.27. The van der Waals surface area contributed by atoms with Crippen LogP contribution < -0.4 is 0 Å². The lowest BCUT2D eigenvalue weighted by Gasteiger charge is -2.04. The van der Waals surface area contributed by atoms with Gasteiger partial charge in [-0.2, -0.15) is 0 Å². The monoisotopic (exact) mass is 263 g/mol. The fraction of sp³-hybridized carbons (Fsp3) is 0.538. The van der Waals surface area contributed by atoms with E-state index in [9.17, 15) is 0 Å². The molecule has 96 valence electrons. The first-order valence-corrected chi connectivity index (χ1v) is 7.27. The van der Waals surface area contributed by atoms with Gasteiger partial charge in [0.25, 0.3) is 0 Å². The lowest BCUT2D eigenvalue weighted by atomic mass is 10.4. The average molecular weight is 263 g/mol. The second-order valence-electron chi connectivity index (χ2n) is 4.56. The molecular weight excluding hydrogens is 246 g/mol. The SMILES string of the molecule is CCOCc1nc(Cn2ccnc2C2CC2)cs1. The van der Waals surface area contributed by atoms with Gasteiger partial charge in [-0.25, -0.2) is 9.97 Å². The van der Waals surface area contributed by atoms with Gasteiger partial charge in [0.15, 0.2) is 0 Å². The van der Waals surface area contributed by atoms with Crippen molar-refractivity contribution < 1.29 is 4.74 Å². The van der Waals surface area contributed by atoms with E-state index in [4.69, 9.17) is 4.74 Å². The number of thiazole rings is 1. The van der Waals surface area contributed by atoms with Crippen molar-refractivity contribution >= 4 is 11.3 Å². The summed E-state index contributed by atoms with van der Waals surface area (Å²) in [6, 6.07) is 0. The van der Waals surface area contributed by atoms with Crippen molar-refractivity contribution in [2.75, 3.05) is 6.61 Å². The van der Waals surface area contributed by atoms with Gasteiger partial charge in [0.2, 0.25) is 0 Å². The molecule has 5 heteroatoms. The second kappa shape index (κ2) is 5.20. The standard InChI is InChI=1S/C13H17N3OS/c1-2-17-8-12-15-11(9-18-12)7-16-6-5-14-13(16)10-3-4-10/h5-6,9-10H,2-4,7-8H2,1H3. The number of imidazole rings is 1. The number of ether oxygens (including phenoxy) is 1. The van der Waals surface area contributed by atoms with Crippen molar-refractivity contribution in [3.05, 3.63) is 34.3 Å². The van der Waals surface area contributed by atoms with Crippen molar-refractivity contribution in [1.82, 2.24) is 14.5 Å². The molecule has 0 spiro atoms. The van der Waals surface area contributed by atoms with Gasteiger partial charge in [-0.05, 0) is 19.8 Å². The predicted molar refractivity (Wildman–Crippen MR) is 70.7 cm³/mol. The normalized spacial score (nSPS) is 15.2. The third kappa shape index (κ3) is 2.62. The van der Waals surface area contributed by atoms with Crippen LogP contribution >= 0.6 is 11.3 Å². The van der Waals surface area contributed by atoms with Crippen LogP contribution in [0.4, 0.5) is 0 Å². The summed E-state index contributed by atoms with van der Waals surface area (Å²) in [7, 11) is 0. The molecule has 0 radical (unpaired) electrons. The van der Waals surface area contributed by atoms with Gasteiger partial charge in [0.05, 0.1) is 18.8 Å². The Morgan fingerprint density at radius 2 is 2.39 bits per heavy atom. The Balaban J connectivity index is 1.67. The predicted octanol–water partition coefficient (Wildman–Crippen LogP) is 2.80. The zero-order chi connectivity index (χ0) is 12.4. The number of aromatic nitrogens is 3. The molecule has 0 saturated heterocycles. The summed E-state index contributed by atoms with van der Waals surface area (Å²) in [5, 5.41) is 3.17. The van der Waals surface area contributed by atoms with E-state index >= 15 is 0 Å². The molecule has 0 amide bonds. The summed E-state index contributed by atoms with van der Waals surface area (Å²) >= 11 is 1.67. The van der Waals surface area contributed by atoms with E-state index in [0.717, 1.165) is 23.9 Å². The Morgan fingerprint density at radius 1 is 1.50 bits per heavy atom. The van der Waals surface area contributed by atoms with Crippen LogP contribution in [0.3, 0.4) is 0 Å². The van der Waals surface area contributed by atoms with Crippen LogP contribution in [0, 0.1) is 0 Å². The Hall–Kier alpha value is -1.20. The van der Waals surface area contributed by atoms with Crippen molar-refractivity contribution in [2.45, 2.75) is 38.8 Å². The minimum atomic E-state index is 0.626. The number of rotatable bonds is 6. The summed E-state index contributed by atoms with van der Waals surface area (Å²) in [6.45, 7) is 4.19. The van der Waals surface area contributed by atoms with Gasteiger partial charge >= 0.3 is 0 Å². The maximum atomic E-state index is 5.37. The first-order chi connectivity index (χ1) is 8.86. The molecule has 0 aliphatic heterocycles. The lowest BCUT2D eigenvalue weighted by Crippen LogP contribution is -2.03. The highest BCUT2D eigenvalue weighted by molar-refractivity contribution is 7.09. The first-order valence-electron chi connectivity index (χ1n) is 6.39. The van der Waals surface area contributed by atoms with Crippen LogP contribution in [-0.4, -0.2) is 21.1 Å². The lowest BCUT2D eigenvalue weighted by molar-refractivity contribution is 0.133. The van der Waals surface area contributed by atoms with Gasteiger partial charge in [-0.1, -0.05) is 0 Å². The molecule has 0 atom stereocenters. The molecule has 18 heavy (non-hydrogen) atoms. The molecule has 2 heterocycles. The van der Waals surface area contributed by atoms with E-state index in [1.54, 1.807) is 11.3 Å². The maximum absolute atomic E-state index is 5.37. The molecule has 0 N–H and O–H groups in total. The fourth-order valence-corrected chi connectivity index (χ4v) is 2.73. The number of hydrogen-bond acceptors (Lipinski definition) is 4. The van der Waals surface area contributed by atoms with Crippen LogP contribution in [0.25, 0.3) is 0 Å². The Kier molecular flexibility index (Phi) is 3.43. The number of nitrogens with zero attached hydrogens (tertiary/aromatic N) is 3. The van der Waals surface area contributed by atoms with Crippen molar-refractivity contribution in [1.29, 1.82) is 0 Å². The molecule has 0 bridgehead atoms. The zero-order valence-electron chi connectivity index (χ0n) is 10.5. The number of hydrogen-bond donors (Lipinski definition) is 0. The quantitative estimate of drug-likeness (QED) is 0.804. The molecule has 3 rings (SSSR count). The average Bonchev–Trinajstić information content (AvgIpc) is 2.96. The largest absolute Gasteiger partial charge is 0.375 e.